The van der Waals surface area contributed by atoms with Crippen LogP contribution in [0.25, 0.3) is 32.9 Å². The highest BCUT2D eigenvalue weighted by Gasteiger charge is 2.22. The van der Waals surface area contributed by atoms with Crippen molar-refractivity contribution >= 4 is 28.3 Å². The van der Waals surface area contributed by atoms with E-state index < -0.39 is 0 Å². The molecule has 0 fully saturated rings. The Morgan fingerprint density at radius 1 is 1.25 bits per heavy atom. The third kappa shape index (κ3) is 3.53. The number of nitrogens with one attached hydrogen (secondary N) is 1. The number of hydrogen-bond donors (Lipinski definition) is 1. The Morgan fingerprint density at radius 2 is 2.07 bits per heavy atom. The molecule has 0 radical (unpaired) electrons. The van der Waals surface area contributed by atoms with Crippen LogP contribution in [0, 0.1) is 5.82 Å². The second-order valence-corrected chi connectivity index (χ2v) is 7.31. The van der Waals surface area contributed by atoms with Gasteiger partial charge in [0.2, 0.25) is 0 Å². The van der Waals surface area contributed by atoms with Gasteiger partial charge in [0.25, 0.3) is 11.6 Å². The normalized spacial score (nSPS) is 11.1. The van der Waals surface area contributed by atoms with Crippen molar-refractivity contribution in [3.05, 3.63) is 59.2 Å². The first kappa shape index (κ1) is 18.3. The van der Waals surface area contributed by atoms with E-state index in [9.17, 15) is 9.18 Å². The minimum atomic E-state index is -0.341. The van der Waals surface area contributed by atoms with Gasteiger partial charge >= 0.3 is 0 Å². The summed E-state index contributed by atoms with van der Waals surface area (Å²) >= 11 is 1.53. The number of fused-ring (bicyclic) bond motifs is 1. The Kier molecular flexibility index (Phi) is 5.16. The molecule has 1 amide bonds. The third-order valence-electron chi connectivity index (χ3n) is 4.40. The molecule has 1 aromatic carbocycles. The smallest absolute Gasteiger partial charge is 0.259 e. The first-order valence-corrected chi connectivity index (χ1v) is 9.93. The number of carbonyl (C=O) groups is 1. The lowest BCUT2D eigenvalue weighted by atomic mass is 10.0. The monoisotopic (exact) mass is 395 g/mol. The van der Waals surface area contributed by atoms with E-state index in [2.05, 4.69) is 22.4 Å². The largest absolute Gasteiger partial charge is 0.352 e. The number of thiophene rings is 1. The SMILES string of the molecule is CCCCNC(=O)c1cc(-c2cccs2)nc2onc(-c3ccc(F)cc3)c12. The number of unbranched alkanes of at least 4 members (excludes halogenated alkanes) is 1. The number of rotatable bonds is 6. The molecule has 0 spiro atoms. The van der Waals surface area contributed by atoms with E-state index >= 15 is 0 Å². The van der Waals surface area contributed by atoms with Crippen molar-refractivity contribution in [3.8, 4) is 21.8 Å². The van der Waals surface area contributed by atoms with Crippen LogP contribution in [0.4, 0.5) is 4.39 Å². The van der Waals surface area contributed by atoms with E-state index in [-0.39, 0.29) is 17.4 Å². The summed E-state index contributed by atoms with van der Waals surface area (Å²) in [6, 6.07) is 11.6. The summed E-state index contributed by atoms with van der Waals surface area (Å²) < 4.78 is 18.8. The van der Waals surface area contributed by atoms with Crippen molar-refractivity contribution in [2.75, 3.05) is 6.54 Å². The fourth-order valence-electron chi connectivity index (χ4n) is 2.96. The van der Waals surface area contributed by atoms with E-state index in [1.165, 1.54) is 23.5 Å². The maximum absolute atomic E-state index is 13.3. The number of carbonyl (C=O) groups excluding carboxylic acids is 1. The first-order valence-electron chi connectivity index (χ1n) is 9.06. The summed E-state index contributed by atoms with van der Waals surface area (Å²) in [5.74, 6) is -0.544. The van der Waals surface area contributed by atoms with E-state index in [1.807, 2.05) is 17.5 Å². The van der Waals surface area contributed by atoms with Crippen LogP contribution < -0.4 is 5.32 Å². The maximum atomic E-state index is 13.3. The summed E-state index contributed by atoms with van der Waals surface area (Å²) in [6.45, 7) is 2.66. The first-order chi connectivity index (χ1) is 13.7. The average Bonchev–Trinajstić information content (AvgIpc) is 3.38. The number of amides is 1. The fraction of sp³-hybridized carbons (Fsp3) is 0.190. The van der Waals surface area contributed by atoms with Crippen LogP contribution in [0.1, 0.15) is 30.1 Å². The van der Waals surface area contributed by atoms with Crippen molar-refractivity contribution in [1.82, 2.24) is 15.5 Å². The third-order valence-corrected chi connectivity index (χ3v) is 5.29. The minimum Gasteiger partial charge on any atom is -0.352 e. The van der Waals surface area contributed by atoms with Crippen LogP contribution in [0.2, 0.25) is 0 Å². The van der Waals surface area contributed by atoms with Gasteiger partial charge in [-0.1, -0.05) is 24.6 Å². The second kappa shape index (κ2) is 7.90. The molecule has 0 aliphatic heterocycles. The van der Waals surface area contributed by atoms with Gasteiger partial charge in [-0.2, -0.15) is 0 Å². The molecular weight excluding hydrogens is 377 g/mol. The molecule has 0 bridgehead atoms. The van der Waals surface area contributed by atoms with Crippen LogP contribution in [-0.2, 0) is 0 Å². The van der Waals surface area contributed by atoms with Crippen LogP contribution in [-0.4, -0.2) is 22.6 Å². The van der Waals surface area contributed by atoms with Gasteiger partial charge in [-0.25, -0.2) is 9.37 Å². The summed E-state index contributed by atoms with van der Waals surface area (Å²) in [6.07, 6.45) is 1.88. The molecule has 4 aromatic rings. The summed E-state index contributed by atoms with van der Waals surface area (Å²) in [7, 11) is 0. The molecular formula is C21H18FN3O2S. The van der Waals surface area contributed by atoms with Gasteiger partial charge in [-0.3, -0.25) is 4.79 Å². The van der Waals surface area contributed by atoms with E-state index in [1.54, 1.807) is 18.2 Å². The van der Waals surface area contributed by atoms with Gasteiger partial charge in [0.1, 0.15) is 11.5 Å². The minimum absolute atomic E-state index is 0.204. The predicted octanol–water partition coefficient (Wildman–Crippen LogP) is 5.29. The van der Waals surface area contributed by atoms with Gasteiger partial charge in [0.05, 0.1) is 21.5 Å². The zero-order chi connectivity index (χ0) is 19.5. The van der Waals surface area contributed by atoms with E-state index in [0.29, 0.717) is 34.4 Å². The summed E-state index contributed by atoms with van der Waals surface area (Å²) in [5, 5.41) is 9.55. The van der Waals surface area contributed by atoms with Gasteiger partial charge < -0.3 is 9.84 Å². The van der Waals surface area contributed by atoms with Crippen molar-refractivity contribution < 1.29 is 13.7 Å². The Labute approximate surface area is 165 Å². The summed E-state index contributed by atoms with van der Waals surface area (Å²) in [4.78, 5) is 18.4. The molecule has 0 atom stereocenters. The number of halogens is 1. The Balaban J connectivity index is 1.86. The van der Waals surface area contributed by atoms with Crippen molar-refractivity contribution in [2.24, 2.45) is 0 Å². The molecule has 3 aromatic heterocycles. The zero-order valence-corrected chi connectivity index (χ0v) is 16.1. The molecule has 4 rings (SSSR count). The Hall–Kier alpha value is -3.06. The molecule has 5 nitrogen and oxygen atoms in total. The maximum Gasteiger partial charge on any atom is 0.259 e. The topological polar surface area (TPSA) is 68.0 Å². The molecule has 1 N–H and O–H groups in total. The molecule has 0 saturated heterocycles. The number of nitrogens with zero attached hydrogens (tertiary/aromatic N) is 2. The number of aromatic nitrogens is 2. The lowest BCUT2D eigenvalue weighted by Gasteiger charge is -2.08. The van der Waals surface area contributed by atoms with Gasteiger partial charge in [0, 0.05) is 12.1 Å². The highest BCUT2D eigenvalue weighted by atomic mass is 32.1. The van der Waals surface area contributed by atoms with Crippen LogP contribution in [0.5, 0.6) is 0 Å². The standard InChI is InChI=1S/C21H18FN3O2S/c1-2-3-10-23-20(26)15-12-16(17-5-4-11-28-17)24-21-18(15)19(25-27-21)13-6-8-14(22)9-7-13/h4-9,11-12H,2-3,10H2,1H3,(H,23,26). The number of pyridine rings is 1. The molecule has 0 aliphatic carbocycles. The Bertz CT molecular complexity index is 1100. The van der Waals surface area contributed by atoms with Gasteiger partial charge in [0.15, 0.2) is 0 Å². The lowest BCUT2D eigenvalue weighted by Crippen LogP contribution is -2.24. The van der Waals surface area contributed by atoms with E-state index in [0.717, 1.165) is 17.7 Å². The molecule has 0 unspecified atom stereocenters. The molecule has 0 aliphatic rings. The van der Waals surface area contributed by atoms with Crippen molar-refractivity contribution in [2.45, 2.75) is 19.8 Å². The highest BCUT2D eigenvalue weighted by molar-refractivity contribution is 7.13. The fourth-order valence-corrected chi connectivity index (χ4v) is 3.65. The van der Waals surface area contributed by atoms with Gasteiger partial charge in [-0.05, 0) is 48.2 Å². The average molecular weight is 395 g/mol. The van der Waals surface area contributed by atoms with Gasteiger partial charge in [-0.15, -0.1) is 11.3 Å². The van der Waals surface area contributed by atoms with Crippen molar-refractivity contribution in [1.29, 1.82) is 0 Å². The molecule has 0 saturated carbocycles. The Morgan fingerprint density at radius 3 is 2.79 bits per heavy atom. The second-order valence-electron chi connectivity index (χ2n) is 6.36. The molecule has 7 heteroatoms. The van der Waals surface area contributed by atoms with Crippen LogP contribution in [0.15, 0.2) is 52.4 Å². The molecule has 142 valence electrons. The van der Waals surface area contributed by atoms with Crippen LogP contribution in [0.3, 0.4) is 0 Å². The van der Waals surface area contributed by atoms with E-state index in [4.69, 9.17) is 4.52 Å². The number of benzene rings is 1. The van der Waals surface area contributed by atoms with Crippen LogP contribution >= 0.6 is 11.3 Å². The molecule has 3 heterocycles. The summed E-state index contributed by atoms with van der Waals surface area (Å²) in [5.41, 5.74) is 2.52. The predicted molar refractivity (Wildman–Crippen MR) is 108 cm³/mol. The number of hydrogen-bond acceptors (Lipinski definition) is 5. The highest BCUT2D eigenvalue weighted by Crippen LogP contribution is 2.33. The van der Waals surface area contributed by atoms with Crippen molar-refractivity contribution in [3.63, 3.8) is 0 Å². The quantitative estimate of drug-likeness (QED) is 0.451. The zero-order valence-electron chi connectivity index (χ0n) is 15.2. The lowest BCUT2D eigenvalue weighted by molar-refractivity contribution is 0.0954. The molecule has 28 heavy (non-hydrogen) atoms.